The van der Waals surface area contributed by atoms with Crippen LogP contribution < -0.4 is 0 Å². The highest BCUT2D eigenvalue weighted by atomic mass is 16.4. The van der Waals surface area contributed by atoms with Crippen LogP contribution in [0.2, 0.25) is 0 Å². The second-order valence-electron chi connectivity index (χ2n) is 3.82. The molecule has 0 amide bonds. The van der Waals surface area contributed by atoms with E-state index in [1.807, 2.05) is 6.92 Å². The molecule has 4 heteroatoms. The van der Waals surface area contributed by atoms with Gasteiger partial charge in [0.05, 0.1) is 6.54 Å². The van der Waals surface area contributed by atoms with E-state index in [9.17, 15) is 0 Å². The topological polar surface area (TPSA) is 42.2 Å². The molecule has 2 heterocycles. The SMILES string of the molecule is Cc1nnc(CN2C(C)CC2C)o1. The van der Waals surface area contributed by atoms with E-state index in [4.69, 9.17) is 4.42 Å². The lowest BCUT2D eigenvalue weighted by Crippen LogP contribution is -2.51. The minimum absolute atomic E-state index is 0.649. The number of rotatable bonds is 2. The van der Waals surface area contributed by atoms with Gasteiger partial charge in [-0.15, -0.1) is 10.2 Å². The largest absolute Gasteiger partial charge is 0.424 e. The highest BCUT2D eigenvalue weighted by Crippen LogP contribution is 2.26. The average Bonchev–Trinajstić information content (AvgIpc) is 2.48. The van der Waals surface area contributed by atoms with E-state index < -0.39 is 0 Å². The lowest BCUT2D eigenvalue weighted by molar-refractivity contribution is 0.0214. The Bertz CT molecular complexity index is 289. The minimum atomic E-state index is 0.649. The van der Waals surface area contributed by atoms with Crippen LogP contribution in [0.15, 0.2) is 4.42 Å². The smallest absolute Gasteiger partial charge is 0.230 e. The van der Waals surface area contributed by atoms with Gasteiger partial charge in [0.2, 0.25) is 11.8 Å². The summed E-state index contributed by atoms with van der Waals surface area (Å²) in [6, 6.07) is 1.31. The average molecular weight is 181 g/mol. The van der Waals surface area contributed by atoms with Gasteiger partial charge >= 0.3 is 0 Å². The number of aromatic nitrogens is 2. The van der Waals surface area contributed by atoms with Gasteiger partial charge in [-0.3, -0.25) is 4.90 Å². The standard InChI is InChI=1S/C9H15N3O/c1-6-4-7(2)12(6)5-9-11-10-8(3)13-9/h6-7H,4-5H2,1-3H3. The zero-order chi connectivity index (χ0) is 9.42. The molecular weight excluding hydrogens is 166 g/mol. The third-order valence-corrected chi connectivity index (χ3v) is 2.70. The molecule has 4 nitrogen and oxygen atoms in total. The van der Waals surface area contributed by atoms with Crippen LogP contribution >= 0.6 is 0 Å². The van der Waals surface area contributed by atoms with Gasteiger partial charge in [0, 0.05) is 19.0 Å². The van der Waals surface area contributed by atoms with Gasteiger partial charge in [-0.1, -0.05) is 0 Å². The maximum atomic E-state index is 5.32. The molecule has 0 aliphatic carbocycles. The summed E-state index contributed by atoms with van der Waals surface area (Å²) < 4.78 is 5.32. The van der Waals surface area contributed by atoms with Crippen LogP contribution in [-0.2, 0) is 6.54 Å². The van der Waals surface area contributed by atoms with Gasteiger partial charge in [0.15, 0.2) is 0 Å². The fourth-order valence-corrected chi connectivity index (χ4v) is 1.93. The molecule has 2 unspecified atom stereocenters. The summed E-state index contributed by atoms with van der Waals surface area (Å²) in [5.74, 6) is 1.38. The normalized spacial score (nSPS) is 28.8. The third-order valence-electron chi connectivity index (χ3n) is 2.70. The van der Waals surface area contributed by atoms with Crippen molar-refractivity contribution in [3.8, 4) is 0 Å². The molecule has 1 aromatic heterocycles. The molecule has 0 N–H and O–H groups in total. The van der Waals surface area contributed by atoms with Crippen LogP contribution in [0.25, 0.3) is 0 Å². The molecule has 2 rings (SSSR count). The minimum Gasteiger partial charge on any atom is -0.424 e. The van der Waals surface area contributed by atoms with Crippen molar-refractivity contribution in [1.82, 2.24) is 15.1 Å². The zero-order valence-electron chi connectivity index (χ0n) is 8.32. The lowest BCUT2D eigenvalue weighted by Gasteiger charge is -2.44. The maximum Gasteiger partial charge on any atom is 0.230 e. The van der Waals surface area contributed by atoms with Crippen molar-refractivity contribution < 1.29 is 4.42 Å². The summed E-state index contributed by atoms with van der Waals surface area (Å²) in [7, 11) is 0. The molecular formula is C9H15N3O. The van der Waals surface area contributed by atoms with Gasteiger partial charge in [-0.05, 0) is 20.3 Å². The van der Waals surface area contributed by atoms with Gasteiger partial charge in [0.25, 0.3) is 0 Å². The van der Waals surface area contributed by atoms with E-state index in [0.717, 1.165) is 12.4 Å². The predicted octanol–water partition coefficient (Wildman–Crippen LogP) is 1.36. The summed E-state index contributed by atoms with van der Waals surface area (Å²) in [5.41, 5.74) is 0. The summed E-state index contributed by atoms with van der Waals surface area (Å²) >= 11 is 0. The van der Waals surface area contributed by atoms with Gasteiger partial charge in [0.1, 0.15) is 0 Å². The Kier molecular flexibility index (Phi) is 2.07. The molecule has 0 radical (unpaired) electrons. The first-order chi connectivity index (χ1) is 6.16. The summed E-state index contributed by atoms with van der Waals surface area (Å²) in [4.78, 5) is 2.37. The number of likely N-dealkylation sites (tertiary alicyclic amines) is 1. The van der Waals surface area contributed by atoms with Crippen LogP contribution in [0.5, 0.6) is 0 Å². The zero-order valence-corrected chi connectivity index (χ0v) is 8.32. The van der Waals surface area contributed by atoms with Gasteiger partial charge in [-0.2, -0.15) is 0 Å². The monoisotopic (exact) mass is 181 g/mol. The van der Waals surface area contributed by atoms with Crippen LogP contribution in [0, 0.1) is 6.92 Å². The molecule has 1 aliphatic rings. The molecule has 0 bridgehead atoms. The second kappa shape index (κ2) is 3.10. The summed E-state index contributed by atoms with van der Waals surface area (Å²) in [6.45, 7) is 7.06. The van der Waals surface area contributed by atoms with Crippen molar-refractivity contribution in [2.24, 2.45) is 0 Å². The van der Waals surface area contributed by atoms with E-state index in [1.165, 1.54) is 6.42 Å². The van der Waals surface area contributed by atoms with Gasteiger partial charge in [-0.25, -0.2) is 0 Å². The fraction of sp³-hybridized carbons (Fsp3) is 0.778. The van der Waals surface area contributed by atoms with Gasteiger partial charge < -0.3 is 4.42 Å². The number of nitrogens with zero attached hydrogens (tertiary/aromatic N) is 3. The molecule has 0 spiro atoms. The quantitative estimate of drug-likeness (QED) is 0.691. The first-order valence-corrected chi connectivity index (χ1v) is 4.71. The Labute approximate surface area is 77.9 Å². The Morgan fingerprint density at radius 3 is 2.54 bits per heavy atom. The van der Waals surface area contributed by atoms with Crippen LogP contribution in [-0.4, -0.2) is 27.2 Å². The number of aryl methyl sites for hydroxylation is 1. The van der Waals surface area contributed by atoms with Crippen molar-refractivity contribution >= 4 is 0 Å². The van der Waals surface area contributed by atoms with E-state index in [1.54, 1.807) is 0 Å². The fourth-order valence-electron chi connectivity index (χ4n) is 1.93. The molecule has 1 fully saturated rings. The molecule has 1 aliphatic heterocycles. The first kappa shape index (κ1) is 8.69. The van der Waals surface area contributed by atoms with Crippen molar-refractivity contribution in [2.45, 2.75) is 45.8 Å². The van der Waals surface area contributed by atoms with E-state index in [-0.39, 0.29) is 0 Å². The molecule has 0 saturated carbocycles. The Balaban J connectivity index is 1.98. The van der Waals surface area contributed by atoms with E-state index in [0.29, 0.717) is 18.0 Å². The van der Waals surface area contributed by atoms with Crippen molar-refractivity contribution in [2.75, 3.05) is 0 Å². The van der Waals surface area contributed by atoms with E-state index in [2.05, 4.69) is 28.9 Å². The molecule has 2 atom stereocenters. The summed E-state index contributed by atoms with van der Waals surface area (Å²) in [6.07, 6.45) is 1.27. The van der Waals surface area contributed by atoms with Crippen LogP contribution in [0.1, 0.15) is 32.0 Å². The number of hydrogen-bond donors (Lipinski definition) is 0. The first-order valence-electron chi connectivity index (χ1n) is 4.71. The van der Waals surface area contributed by atoms with E-state index >= 15 is 0 Å². The second-order valence-corrected chi connectivity index (χ2v) is 3.82. The van der Waals surface area contributed by atoms with Crippen molar-refractivity contribution in [3.05, 3.63) is 11.8 Å². The Hall–Kier alpha value is -0.900. The molecule has 13 heavy (non-hydrogen) atoms. The van der Waals surface area contributed by atoms with Crippen LogP contribution in [0.3, 0.4) is 0 Å². The predicted molar refractivity (Wildman–Crippen MR) is 48.1 cm³/mol. The highest BCUT2D eigenvalue weighted by molar-refractivity contribution is 4.90. The molecule has 1 aromatic rings. The van der Waals surface area contributed by atoms with Crippen molar-refractivity contribution in [3.63, 3.8) is 0 Å². The molecule has 72 valence electrons. The Morgan fingerprint density at radius 2 is 2.08 bits per heavy atom. The lowest BCUT2D eigenvalue weighted by atomic mass is 9.96. The maximum absolute atomic E-state index is 5.32. The number of hydrogen-bond acceptors (Lipinski definition) is 4. The van der Waals surface area contributed by atoms with Crippen LogP contribution in [0.4, 0.5) is 0 Å². The Morgan fingerprint density at radius 1 is 1.38 bits per heavy atom. The summed E-state index contributed by atoms with van der Waals surface area (Å²) in [5, 5.41) is 7.78. The molecule has 0 aromatic carbocycles. The third kappa shape index (κ3) is 1.58. The highest BCUT2D eigenvalue weighted by Gasteiger charge is 2.32. The van der Waals surface area contributed by atoms with Crippen molar-refractivity contribution in [1.29, 1.82) is 0 Å². The molecule has 1 saturated heterocycles.